The van der Waals surface area contributed by atoms with Crippen molar-refractivity contribution in [3.8, 4) is 18.2 Å². The van der Waals surface area contributed by atoms with Gasteiger partial charge in [-0.05, 0) is 18.6 Å². The highest BCUT2D eigenvalue weighted by Gasteiger charge is 2.40. The molecule has 0 N–H and O–H groups in total. The van der Waals surface area contributed by atoms with Crippen LogP contribution < -0.4 is 0 Å². The van der Waals surface area contributed by atoms with Crippen molar-refractivity contribution in [3.63, 3.8) is 0 Å². The molecule has 0 spiro atoms. The number of unbranched alkanes of at least 4 members (excludes halogenated alkanes) is 5. The Morgan fingerprint density at radius 1 is 0.640 bits per heavy atom. The SMILES string of the molecule is N#CCCO[Si](CCCCCCCCS)(OCCC#N)OCCC#N. The molecule has 0 aromatic rings. The summed E-state index contributed by atoms with van der Waals surface area (Å²) in [7, 11) is -2.95. The molecule has 8 heteroatoms. The Kier molecular flexibility index (Phi) is 17.0. The second-order valence-corrected chi connectivity index (χ2v) is 8.73. The smallest absolute Gasteiger partial charge is 0.372 e. The second-order valence-electron chi connectivity index (χ2n) is 5.55. The monoisotopic (exact) mass is 383 g/mol. The van der Waals surface area contributed by atoms with Gasteiger partial charge in [-0.3, -0.25) is 0 Å². The van der Waals surface area contributed by atoms with Gasteiger partial charge in [0.1, 0.15) is 0 Å². The molecule has 0 fully saturated rings. The molecule has 0 aliphatic heterocycles. The van der Waals surface area contributed by atoms with Crippen molar-refractivity contribution in [2.75, 3.05) is 25.6 Å². The van der Waals surface area contributed by atoms with Crippen LogP contribution in [0.25, 0.3) is 0 Å². The normalized spacial score (nSPS) is 10.8. The number of nitriles is 3. The Hall–Kier alpha value is -1.08. The highest BCUT2D eigenvalue weighted by Crippen LogP contribution is 2.21. The summed E-state index contributed by atoms with van der Waals surface area (Å²) in [6.45, 7) is 0.761. The molecule has 0 aliphatic rings. The molecule has 0 saturated carbocycles. The van der Waals surface area contributed by atoms with E-state index >= 15 is 0 Å². The van der Waals surface area contributed by atoms with Gasteiger partial charge in [-0.1, -0.05) is 25.7 Å². The quantitative estimate of drug-likeness (QED) is 0.232. The third-order valence-corrected chi connectivity index (χ3v) is 6.71. The lowest BCUT2D eigenvalue weighted by Gasteiger charge is -2.29. The zero-order valence-corrected chi connectivity index (χ0v) is 16.8. The van der Waals surface area contributed by atoms with E-state index in [1.165, 1.54) is 12.8 Å². The van der Waals surface area contributed by atoms with E-state index in [2.05, 4.69) is 12.6 Å². The maximum absolute atomic E-state index is 8.72. The first-order chi connectivity index (χ1) is 12.2. The van der Waals surface area contributed by atoms with Crippen molar-refractivity contribution in [3.05, 3.63) is 0 Å². The minimum Gasteiger partial charge on any atom is -0.372 e. The van der Waals surface area contributed by atoms with Crippen molar-refractivity contribution in [2.45, 2.75) is 63.8 Å². The molecule has 0 atom stereocenters. The zero-order chi connectivity index (χ0) is 18.6. The van der Waals surface area contributed by atoms with Crippen molar-refractivity contribution in [1.29, 1.82) is 15.8 Å². The van der Waals surface area contributed by atoms with Gasteiger partial charge in [0.25, 0.3) is 0 Å². The molecule has 140 valence electrons. The van der Waals surface area contributed by atoms with E-state index < -0.39 is 8.80 Å². The van der Waals surface area contributed by atoms with Crippen molar-refractivity contribution < 1.29 is 13.3 Å². The van der Waals surface area contributed by atoms with Crippen LogP contribution in [0.5, 0.6) is 0 Å². The minimum atomic E-state index is -2.95. The van der Waals surface area contributed by atoms with Gasteiger partial charge in [-0.2, -0.15) is 28.4 Å². The van der Waals surface area contributed by atoms with Crippen LogP contribution in [-0.2, 0) is 13.3 Å². The summed E-state index contributed by atoms with van der Waals surface area (Å²) in [5, 5.41) is 26.2. The van der Waals surface area contributed by atoms with Crippen molar-refractivity contribution in [2.24, 2.45) is 0 Å². The Morgan fingerprint density at radius 2 is 1.04 bits per heavy atom. The van der Waals surface area contributed by atoms with Crippen LogP contribution in [0.4, 0.5) is 0 Å². The highest BCUT2D eigenvalue weighted by molar-refractivity contribution is 7.80. The van der Waals surface area contributed by atoms with Gasteiger partial charge >= 0.3 is 8.80 Å². The van der Waals surface area contributed by atoms with E-state index in [1.54, 1.807) is 0 Å². The predicted octanol–water partition coefficient (Wildman–Crippen LogP) is 3.99. The van der Waals surface area contributed by atoms with Crippen LogP contribution >= 0.6 is 12.6 Å². The average molecular weight is 384 g/mol. The summed E-state index contributed by atoms with van der Waals surface area (Å²) in [4.78, 5) is 0. The van der Waals surface area contributed by atoms with E-state index in [4.69, 9.17) is 29.1 Å². The summed E-state index contributed by atoms with van der Waals surface area (Å²) >= 11 is 4.21. The molecule has 0 rings (SSSR count). The van der Waals surface area contributed by atoms with E-state index in [-0.39, 0.29) is 39.1 Å². The molecule has 0 saturated heterocycles. The fraction of sp³-hybridized carbons (Fsp3) is 0.824. The average Bonchev–Trinajstić information content (AvgIpc) is 2.61. The summed E-state index contributed by atoms with van der Waals surface area (Å²) in [5.41, 5.74) is 0. The number of thiol groups is 1. The lowest BCUT2D eigenvalue weighted by Crippen LogP contribution is -2.46. The molecule has 25 heavy (non-hydrogen) atoms. The van der Waals surface area contributed by atoms with Crippen LogP contribution in [-0.4, -0.2) is 34.4 Å². The maximum atomic E-state index is 8.72. The first-order valence-electron chi connectivity index (χ1n) is 8.88. The largest absolute Gasteiger partial charge is 0.501 e. The lowest BCUT2D eigenvalue weighted by molar-refractivity contribution is 0.0631. The lowest BCUT2D eigenvalue weighted by atomic mass is 10.1. The Labute approximate surface area is 158 Å². The summed E-state index contributed by atoms with van der Waals surface area (Å²) < 4.78 is 17.6. The fourth-order valence-corrected chi connectivity index (χ4v) is 5.09. The second kappa shape index (κ2) is 17.7. The van der Waals surface area contributed by atoms with Gasteiger partial charge < -0.3 is 13.3 Å². The molecule has 6 nitrogen and oxygen atoms in total. The van der Waals surface area contributed by atoms with Gasteiger partial charge in [0, 0.05) is 6.04 Å². The number of hydrogen-bond acceptors (Lipinski definition) is 7. The van der Waals surface area contributed by atoms with Gasteiger partial charge in [0.15, 0.2) is 0 Å². The van der Waals surface area contributed by atoms with Gasteiger partial charge in [0.05, 0.1) is 57.3 Å². The maximum Gasteiger partial charge on any atom is 0.501 e. The molecular formula is C17H29N3O3SSi. The van der Waals surface area contributed by atoms with E-state index in [0.717, 1.165) is 31.4 Å². The first kappa shape index (κ1) is 23.9. The number of nitrogens with zero attached hydrogens (tertiary/aromatic N) is 3. The predicted molar refractivity (Wildman–Crippen MR) is 101 cm³/mol. The topological polar surface area (TPSA) is 99.1 Å². The van der Waals surface area contributed by atoms with Gasteiger partial charge in [0.2, 0.25) is 0 Å². The van der Waals surface area contributed by atoms with Crippen LogP contribution in [0.2, 0.25) is 6.04 Å². The van der Waals surface area contributed by atoms with E-state index in [9.17, 15) is 0 Å². The molecular weight excluding hydrogens is 354 g/mol. The third-order valence-electron chi connectivity index (χ3n) is 3.50. The van der Waals surface area contributed by atoms with Crippen molar-refractivity contribution in [1.82, 2.24) is 0 Å². The summed E-state index contributed by atoms with van der Waals surface area (Å²) in [5.74, 6) is 0.933. The zero-order valence-electron chi connectivity index (χ0n) is 14.9. The van der Waals surface area contributed by atoms with E-state index in [1.807, 2.05) is 18.2 Å². The Balaban J connectivity index is 4.52. The highest BCUT2D eigenvalue weighted by atomic mass is 32.1. The van der Waals surface area contributed by atoms with Crippen molar-refractivity contribution >= 4 is 21.4 Å². The standard InChI is InChI=1S/C17H29N3O3SSi/c18-10-7-13-21-25(22-14-8-11-19,23-15-9-12-20)17-6-4-2-1-3-5-16-24/h24H,1-9,13-17H2. The van der Waals surface area contributed by atoms with Crippen LogP contribution in [0, 0.1) is 34.0 Å². The summed E-state index contributed by atoms with van der Waals surface area (Å²) in [6.07, 6.45) is 7.45. The molecule has 0 amide bonds. The number of rotatable bonds is 17. The van der Waals surface area contributed by atoms with Crippen LogP contribution in [0.1, 0.15) is 57.8 Å². The molecule has 0 aromatic carbocycles. The third kappa shape index (κ3) is 13.8. The van der Waals surface area contributed by atoms with E-state index in [0.29, 0.717) is 6.04 Å². The Bertz CT molecular complexity index is 396. The summed E-state index contributed by atoms with van der Waals surface area (Å²) in [6, 6.07) is 6.79. The molecule has 0 bridgehead atoms. The minimum absolute atomic E-state index is 0.254. The van der Waals surface area contributed by atoms with Gasteiger partial charge in [-0.25, -0.2) is 0 Å². The Morgan fingerprint density at radius 3 is 1.44 bits per heavy atom. The number of hydrogen-bond donors (Lipinski definition) is 1. The molecule has 0 unspecified atom stereocenters. The first-order valence-corrected chi connectivity index (χ1v) is 11.4. The molecule has 0 aliphatic carbocycles. The van der Waals surface area contributed by atoms with Crippen LogP contribution in [0.3, 0.4) is 0 Å². The molecule has 0 aromatic heterocycles. The van der Waals surface area contributed by atoms with Gasteiger partial charge in [-0.15, -0.1) is 0 Å². The molecule has 0 heterocycles. The molecule has 0 radical (unpaired) electrons. The fourth-order valence-electron chi connectivity index (χ4n) is 2.26. The van der Waals surface area contributed by atoms with Crippen LogP contribution in [0.15, 0.2) is 0 Å².